The highest BCUT2D eigenvalue weighted by Crippen LogP contribution is 2.23. The molecule has 1 unspecified atom stereocenters. The molecule has 0 spiro atoms. The molecule has 1 fully saturated rings. The zero-order valence-corrected chi connectivity index (χ0v) is 21.5. The molecule has 0 aliphatic carbocycles. The summed E-state index contributed by atoms with van der Waals surface area (Å²) in [6, 6.07) is 5.71. The van der Waals surface area contributed by atoms with Gasteiger partial charge >= 0.3 is 6.09 Å². The first-order valence-corrected chi connectivity index (χ1v) is 12.0. The summed E-state index contributed by atoms with van der Waals surface area (Å²) in [6.45, 7) is 4.84. The van der Waals surface area contributed by atoms with Crippen LogP contribution in [0.1, 0.15) is 33.6 Å². The van der Waals surface area contributed by atoms with Gasteiger partial charge in [0.2, 0.25) is 5.91 Å². The number of nitrogens with zero attached hydrogens (tertiary/aromatic N) is 2. The van der Waals surface area contributed by atoms with E-state index in [1.54, 1.807) is 32.9 Å². The summed E-state index contributed by atoms with van der Waals surface area (Å²) in [5.74, 6) is -1.12. The van der Waals surface area contributed by atoms with Crippen LogP contribution in [0.4, 0.5) is 15.0 Å². The number of hydrogen-bond donors (Lipinski definition) is 2. The molecule has 0 radical (unpaired) electrons. The van der Waals surface area contributed by atoms with Crippen LogP contribution in [0.2, 0.25) is 10.0 Å². The number of hydrogen-bond acceptors (Lipinski definition) is 6. The number of carbonyl (C=O) groups excluding carboxylic acids is 3. The highest BCUT2D eigenvalue weighted by Gasteiger charge is 2.38. The Morgan fingerprint density at radius 1 is 1.17 bits per heavy atom. The van der Waals surface area contributed by atoms with Crippen LogP contribution in [0.25, 0.3) is 0 Å². The highest BCUT2D eigenvalue weighted by atomic mass is 35.5. The third-order valence-electron chi connectivity index (χ3n) is 5.12. The van der Waals surface area contributed by atoms with Gasteiger partial charge < -0.3 is 20.1 Å². The van der Waals surface area contributed by atoms with Gasteiger partial charge in [-0.05, 0) is 57.9 Å². The minimum atomic E-state index is -0.834. The first-order chi connectivity index (χ1) is 16.9. The molecule has 2 heterocycles. The molecule has 36 heavy (non-hydrogen) atoms. The maximum atomic E-state index is 13.6. The lowest BCUT2D eigenvalue weighted by Gasteiger charge is -2.39. The largest absolute Gasteiger partial charge is 0.484 e. The van der Waals surface area contributed by atoms with E-state index in [1.807, 2.05) is 0 Å². The van der Waals surface area contributed by atoms with Crippen LogP contribution in [-0.4, -0.2) is 58.6 Å². The predicted octanol–water partition coefficient (Wildman–Crippen LogP) is 4.43. The summed E-state index contributed by atoms with van der Waals surface area (Å²) in [6.07, 6.45) is 1.41. The van der Waals surface area contributed by atoms with Crippen molar-refractivity contribution in [3.05, 3.63) is 52.4 Å². The summed E-state index contributed by atoms with van der Waals surface area (Å²) in [5, 5.41) is 5.84. The summed E-state index contributed by atoms with van der Waals surface area (Å²) in [5.41, 5.74) is -0.784. The quantitative estimate of drug-likeness (QED) is 0.560. The minimum absolute atomic E-state index is 0.0440. The fraction of sp³-hybridized carbons (Fsp3) is 0.417. The van der Waals surface area contributed by atoms with Crippen molar-refractivity contribution in [2.24, 2.45) is 0 Å². The number of nitrogens with one attached hydrogen (secondary N) is 2. The topological polar surface area (TPSA) is 110 Å². The number of piperidine rings is 1. The lowest BCUT2D eigenvalue weighted by atomic mass is 9.97. The fourth-order valence-corrected chi connectivity index (χ4v) is 3.76. The number of benzene rings is 1. The Morgan fingerprint density at radius 3 is 2.56 bits per heavy atom. The zero-order valence-electron chi connectivity index (χ0n) is 20.0. The van der Waals surface area contributed by atoms with Crippen LogP contribution in [0, 0.1) is 5.82 Å². The van der Waals surface area contributed by atoms with Gasteiger partial charge in [-0.25, -0.2) is 14.2 Å². The molecule has 1 aliphatic heterocycles. The van der Waals surface area contributed by atoms with E-state index in [0.29, 0.717) is 17.3 Å². The van der Waals surface area contributed by atoms with E-state index in [9.17, 15) is 18.8 Å². The fourth-order valence-electron chi connectivity index (χ4n) is 3.53. The second kappa shape index (κ2) is 11.7. The average Bonchev–Trinajstić information content (AvgIpc) is 2.80. The molecule has 0 saturated carbocycles. The molecular formula is C24H27Cl2FN4O5. The Bertz CT molecular complexity index is 1110. The number of carbonyl (C=O) groups is 3. The molecule has 12 heteroatoms. The van der Waals surface area contributed by atoms with Gasteiger partial charge in [0, 0.05) is 24.8 Å². The van der Waals surface area contributed by atoms with E-state index in [0.717, 1.165) is 6.07 Å². The van der Waals surface area contributed by atoms with Crippen LogP contribution >= 0.6 is 23.2 Å². The summed E-state index contributed by atoms with van der Waals surface area (Å²) < 4.78 is 24.4. The molecule has 194 valence electrons. The van der Waals surface area contributed by atoms with E-state index < -0.39 is 41.4 Å². The normalized spacial score (nSPS) is 17.8. The van der Waals surface area contributed by atoms with Crippen molar-refractivity contribution in [3.8, 4) is 5.75 Å². The molecule has 3 rings (SSSR count). The standard InChI is InChI=1S/C24H27Cl2FN4O5/c1-24(2,3)36-23(34)31-12-15(29-21(32)13-35-16-6-7-17(26)18(27)10-16)5-8-19(31)22(33)30-20-9-4-14(25)11-28-20/h4,6-7,9-11,15,19H,5,8,12-13H2,1-3H3,(H,29,32)(H,28,30,33)/t15?,19-/m0/s1. The number of aromatic nitrogens is 1. The molecule has 9 nitrogen and oxygen atoms in total. The van der Waals surface area contributed by atoms with Gasteiger partial charge in [0.05, 0.1) is 10.0 Å². The zero-order chi connectivity index (χ0) is 26.5. The Hall–Kier alpha value is -3.11. The Balaban J connectivity index is 1.64. The molecule has 2 atom stereocenters. The van der Waals surface area contributed by atoms with Gasteiger partial charge in [-0.15, -0.1) is 0 Å². The predicted molar refractivity (Wildman–Crippen MR) is 133 cm³/mol. The summed E-state index contributed by atoms with van der Waals surface area (Å²) in [4.78, 5) is 43.7. The lowest BCUT2D eigenvalue weighted by Crippen LogP contribution is -2.58. The van der Waals surface area contributed by atoms with Gasteiger partial charge in [-0.2, -0.15) is 0 Å². The Labute approximate surface area is 218 Å². The summed E-state index contributed by atoms with van der Waals surface area (Å²) >= 11 is 11.5. The van der Waals surface area contributed by atoms with Crippen LogP contribution < -0.4 is 15.4 Å². The second-order valence-electron chi connectivity index (χ2n) is 9.21. The monoisotopic (exact) mass is 540 g/mol. The highest BCUT2D eigenvalue weighted by molar-refractivity contribution is 6.30. The number of anilines is 1. The van der Waals surface area contributed by atoms with Crippen molar-refractivity contribution in [3.63, 3.8) is 0 Å². The van der Waals surface area contributed by atoms with Crippen molar-refractivity contribution in [1.82, 2.24) is 15.2 Å². The molecule has 2 N–H and O–H groups in total. The van der Waals surface area contributed by atoms with Crippen LogP contribution in [0.5, 0.6) is 5.75 Å². The Morgan fingerprint density at radius 2 is 1.92 bits per heavy atom. The number of likely N-dealkylation sites (tertiary alicyclic amines) is 1. The van der Waals surface area contributed by atoms with Crippen molar-refractivity contribution >= 4 is 46.9 Å². The molecule has 2 aromatic rings. The van der Waals surface area contributed by atoms with E-state index >= 15 is 0 Å². The summed E-state index contributed by atoms with van der Waals surface area (Å²) in [7, 11) is 0. The third kappa shape index (κ3) is 7.96. The van der Waals surface area contributed by atoms with Crippen LogP contribution in [0.3, 0.4) is 0 Å². The van der Waals surface area contributed by atoms with Gasteiger partial charge in [0.1, 0.15) is 29.0 Å². The maximum Gasteiger partial charge on any atom is 0.411 e. The molecule has 3 amide bonds. The van der Waals surface area contributed by atoms with Gasteiger partial charge in [0.25, 0.3) is 5.91 Å². The average molecular weight is 541 g/mol. The maximum absolute atomic E-state index is 13.6. The number of halogens is 3. The molecule has 1 aromatic carbocycles. The molecule has 1 saturated heterocycles. The Kier molecular flexibility index (Phi) is 8.97. The van der Waals surface area contributed by atoms with Crippen LogP contribution in [0.15, 0.2) is 36.5 Å². The van der Waals surface area contributed by atoms with Gasteiger partial charge in [0.15, 0.2) is 6.61 Å². The van der Waals surface area contributed by atoms with Gasteiger partial charge in [-0.3, -0.25) is 14.5 Å². The van der Waals surface area contributed by atoms with Crippen molar-refractivity contribution in [2.45, 2.75) is 51.3 Å². The first-order valence-electron chi connectivity index (χ1n) is 11.2. The van der Waals surface area contributed by atoms with Crippen LogP contribution in [-0.2, 0) is 14.3 Å². The second-order valence-corrected chi connectivity index (χ2v) is 10.0. The molecule has 0 bridgehead atoms. The van der Waals surface area contributed by atoms with Crippen molar-refractivity contribution in [1.29, 1.82) is 0 Å². The first kappa shape index (κ1) is 27.5. The number of pyridine rings is 1. The molecule has 1 aromatic heterocycles. The van der Waals surface area contributed by atoms with Crippen molar-refractivity contribution < 1.29 is 28.2 Å². The minimum Gasteiger partial charge on any atom is -0.484 e. The van der Waals surface area contributed by atoms with E-state index in [-0.39, 0.29) is 30.3 Å². The third-order valence-corrected chi connectivity index (χ3v) is 5.65. The number of amides is 3. The smallest absolute Gasteiger partial charge is 0.411 e. The molecule has 1 aliphatic rings. The lowest BCUT2D eigenvalue weighted by molar-refractivity contribution is -0.125. The number of rotatable bonds is 6. The molecular weight excluding hydrogens is 514 g/mol. The van der Waals surface area contributed by atoms with E-state index in [1.165, 1.54) is 23.2 Å². The van der Waals surface area contributed by atoms with Gasteiger partial charge in [-0.1, -0.05) is 23.2 Å². The van der Waals surface area contributed by atoms with E-state index in [4.69, 9.17) is 32.7 Å². The van der Waals surface area contributed by atoms with E-state index in [2.05, 4.69) is 15.6 Å². The number of ether oxygens (including phenoxy) is 2. The SMILES string of the molecule is CC(C)(C)OC(=O)N1CC(NC(=O)COc2ccc(Cl)c(F)c2)CC[C@H]1C(=O)Nc1ccc(Cl)cn1. The van der Waals surface area contributed by atoms with Crippen molar-refractivity contribution in [2.75, 3.05) is 18.5 Å².